The second-order valence-electron chi connectivity index (χ2n) is 17.3. The highest BCUT2D eigenvalue weighted by Crippen LogP contribution is 2.55. The molecule has 418 valence electrons. The van der Waals surface area contributed by atoms with E-state index in [-0.39, 0.29) is 72.4 Å². The molecule has 0 radical (unpaired) electrons. The Morgan fingerprint density at radius 1 is 0.610 bits per heavy atom. The molecule has 0 atom stereocenters. The van der Waals surface area contributed by atoms with Crippen LogP contribution in [0.15, 0.2) is 61.4 Å². The first-order valence-electron chi connectivity index (χ1n) is 21.6. The highest BCUT2D eigenvalue weighted by atomic mass is 36.0. The zero-order valence-electron chi connectivity index (χ0n) is 39.5. The molecule has 2 aliphatic rings. The van der Waals surface area contributed by atoms with Gasteiger partial charge in [0.05, 0.1) is 57.3 Å². The number of carbonyl (C=O) groups excluding carboxylic acids is 1. The fraction of sp³-hybridized carbons (Fsp3) is 0.378. The standard InChI is InChI=1S/C23H18ClF7N4O.C19H12ClF7N4O2.C3H7N.Cl2OS/c1-11-5-15(21(25,22(26,27)28)23(29,30)31)6-12(2)19(11)35-10-14(8-33-35)20-32-9-16(24)18(34-20)17(36)7-13-3-4-13;1-8-3-11(17(21,18(22,23)24)19(25,26)27)4-9(2)14(8)31-7-10(5-29-31)15-28-6-12(20)13(30-15)16(32)33;4-3-1-2-3;1-4(2)3/h5-6,8-10,13H,3-4,7H2,1-2H3;3-7H,1-2H3,(H,32,33);3H,1-2,4H2;. The van der Waals surface area contributed by atoms with Crippen LogP contribution in [0.3, 0.4) is 0 Å². The SMILES string of the molecule is Cc1cc(C(F)(C(F)(F)F)C(F)(F)F)cc(C)c1-n1cc(-c2ncc(Cl)c(C(=O)CC3CC3)n2)cn1.Cc1cc(C(F)(C(F)(F)F)C(F)(F)F)cc(C)c1-n1cc(-c2ncc(Cl)c(C(=O)O)n2)cn1.NC1CC1.O=S(Cl)Cl. The monoisotopic (exact) mass is 1210 g/mol. The summed E-state index contributed by atoms with van der Waals surface area (Å²) in [5.74, 6) is -1.32. The first kappa shape index (κ1) is 62.3. The molecule has 0 aliphatic heterocycles. The van der Waals surface area contributed by atoms with E-state index >= 15 is 0 Å². The number of aromatic carboxylic acids is 1. The van der Waals surface area contributed by atoms with Crippen LogP contribution in [0.5, 0.6) is 0 Å². The summed E-state index contributed by atoms with van der Waals surface area (Å²) in [6.45, 7) is 4.88. The molecule has 32 heteroatoms. The zero-order chi connectivity index (χ0) is 58.1. The molecule has 8 rings (SSSR count). The lowest BCUT2D eigenvalue weighted by atomic mass is 9.90. The predicted octanol–water partition coefficient (Wildman–Crippen LogP) is 13.6. The number of aryl methyl sites for hydroxylation is 4. The lowest BCUT2D eigenvalue weighted by Crippen LogP contribution is -2.50. The van der Waals surface area contributed by atoms with E-state index in [9.17, 15) is 71.1 Å². The lowest BCUT2D eigenvalue weighted by Gasteiger charge is -2.31. The Morgan fingerprint density at radius 2 is 0.922 bits per heavy atom. The molecular weight excluding hydrogens is 1170 g/mol. The van der Waals surface area contributed by atoms with Crippen LogP contribution in [-0.4, -0.2) is 91.3 Å². The zero-order valence-corrected chi connectivity index (χ0v) is 43.3. The van der Waals surface area contributed by atoms with Gasteiger partial charge in [-0.1, -0.05) is 47.5 Å². The van der Waals surface area contributed by atoms with Crippen molar-refractivity contribution in [1.29, 1.82) is 0 Å². The van der Waals surface area contributed by atoms with Crippen molar-refractivity contribution in [2.45, 2.75) is 102 Å². The molecule has 13 nitrogen and oxygen atoms in total. The number of Topliss-reactive ketones (excluding diaryl/α,β-unsaturated/α-hetero) is 1. The van der Waals surface area contributed by atoms with Gasteiger partial charge in [-0.3, -0.25) is 4.79 Å². The van der Waals surface area contributed by atoms with Crippen LogP contribution < -0.4 is 5.73 Å². The number of hydrogen-bond acceptors (Lipinski definition) is 10. The van der Waals surface area contributed by atoms with Gasteiger partial charge in [0, 0.05) is 57.3 Å². The number of carbonyl (C=O) groups is 2. The summed E-state index contributed by atoms with van der Waals surface area (Å²) in [7, 11) is 7.36. The van der Waals surface area contributed by atoms with Crippen LogP contribution in [0.2, 0.25) is 10.0 Å². The quantitative estimate of drug-likeness (QED) is 0.0755. The summed E-state index contributed by atoms with van der Waals surface area (Å²) in [5.41, 5.74) is -9.16. The highest BCUT2D eigenvalue weighted by Gasteiger charge is 2.74. The number of carboxylic acids is 1. The summed E-state index contributed by atoms with van der Waals surface area (Å²) in [4.78, 5) is 39.7. The number of nitrogens with zero attached hydrogens (tertiary/aromatic N) is 8. The van der Waals surface area contributed by atoms with Crippen molar-refractivity contribution in [2.75, 3.05) is 0 Å². The second-order valence-corrected chi connectivity index (χ2v) is 20.6. The van der Waals surface area contributed by atoms with Crippen molar-refractivity contribution in [3.05, 3.63) is 116 Å². The number of hydrogen-bond donors (Lipinski definition) is 2. The highest BCUT2D eigenvalue weighted by molar-refractivity contribution is 8.26. The van der Waals surface area contributed by atoms with Crippen LogP contribution in [0, 0.1) is 33.6 Å². The molecule has 2 fully saturated rings. The molecular formula is C45H37Cl4F14N9O4S. The average Bonchev–Trinajstić information content (AvgIpc) is 4.18. The van der Waals surface area contributed by atoms with E-state index in [0.29, 0.717) is 48.2 Å². The average molecular weight is 1210 g/mol. The molecule has 2 aliphatic carbocycles. The summed E-state index contributed by atoms with van der Waals surface area (Å²) in [6.07, 6.45) is -12.7. The van der Waals surface area contributed by atoms with Gasteiger partial charge in [0.2, 0.25) is 9.23 Å². The van der Waals surface area contributed by atoms with Gasteiger partial charge in [-0.2, -0.15) is 62.9 Å². The lowest BCUT2D eigenvalue weighted by molar-refractivity contribution is -0.349. The number of halogens is 18. The third-order valence-electron chi connectivity index (χ3n) is 11.2. The van der Waals surface area contributed by atoms with Gasteiger partial charge in [0.15, 0.2) is 23.1 Å². The molecule has 4 aromatic heterocycles. The van der Waals surface area contributed by atoms with Crippen molar-refractivity contribution < 1.29 is 80.4 Å². The van der Waals surface area contributed by atoms with Gasteiger partial charge in [-0.25, -0.2) is 47.1 Å². The third-order valence-corrected chi connectivity index (χ3v) is 11.8. The topological polar surface area (TPSA) is 185 Å². The normalized spacial score (nSPS) is 14.2. The van der Waals surface area contributed by atoms with Gasteiger partial charge in [-0.15, -0.1) is 0 Å². The van der Waals surface area contributed by atoms with Crippen LogP contribution in [0.1, 0.15) is 86.5 Å². The summed E-state index contributed by atoms with van der Waals surface area (Å²) in [6, 6.07) is 2.48. The number of ketones is 1. The molecule has 0 spiro atoms. The van der Waals surface area contributed by atoms with Crippen LogP contribution in [0.4, 0.5) is 61.5 Å². The molecule has 4 heterocycles. The third kappa shape index (κ3) is 14.2. The Balaban J connectivity index is 0.000000249. The van der Waals surface area contributed by atoms with Crippen molar-refractivity contribution >= 4 is 65.5 Å². The predicted molar refractivity (Wildman–Crippen MR) is 254 cm³/mol. The van der Waals surface area contributed by atoms with Crippen LogP contribution in [0.25, 0.3) is 34.2 Å². The van der Waals surface area contributed by atoms with Crippen molar-refractivity contribution in [3.8, 4) is 34.2 Å². The van der Waals surface area contributed by atoms with Gasteiger partial charge in [-0.05, 0) is 81.5 Å². The fourth-order valence-electron chi connectivity index (χ4n) is 7.26. The molecule has 0 unspecified atom stereocenters. The Hall–Kier alpha value is -5.55. The van der Waals surface area contributed by atoms with E-state index in [2.05, 4.69) is 51.5 Å². The van der Waals surface area contributed by atoms with Gasteiger partial charge >= 0.3 is 42.0 Å². The number of aromatic nitrogens is 8. The van der Waals surface area contributed by atoms with Gasteiger partial charge in [0.1, 0.15) is 5.69 Å². The number of nitrogens with two attached hydrogens (primary N) is 1. The molecule has 2 saturated carbocycles. The first-order valence-corrected chi connectivity index (χ1v) is 25.2. The summed E-state index contributed by atoms with van der Waals surface area (Å²) in [5, 5.41) is 17.1. The molecule has 77 heavy (non-hydrogen) atoms. The summed E-state index contributed by atoms with van der Waals surface area (Å²) >= 11 is 11.8. The Kier molecular flexibility index (Phi) is 18.9. The van der Waals surface area contributed by atoms with E-state index in [1.54, 1.807) is 0 Å². The van der Waals surface area contributed by atoms with Crippen molar-refractivity contribution in [3.63, 3.8) is 0 Å². The van der Waals surface area contributed by atoms with Gasteiger partial charge in [0.25, 0.3) is 0 Å². The number of benzene rings is 2. The Bertz CT molecular complexity index is 3100. The molecule has 0 amide bonds. The van der Waals surface area contributed by atoms with Crippen molar-refractivity contribution in [2.24, 2.45) is 11.7 Å². The summed E-state index contributed by atoms with van der Waals surface area (Å²) < 4.78 is 198. The van der Waals surface area contributed by atoms with E-state index in [1.165, 1.54) is 76.2 Å². The Morgan fingerprint density at radius 3 is 1.21 bits per heavy atom. The second kappa shape index (κ2) is 23.4. The Labute approximate surface area is 447 Å². The molecule has 6 aromatic rings. The maximum Gasteiger partial charge on any atom is 0.435 e. The first-order chi connectivity index (χ1) is 35.3. The van der Waals surface area contributed by atoms with Crippen LogP contribution >= 0.6 is 44.6 Å². The minimum Gasteiger partial charge on any atom is -0.476 e. The molecule has 2 aromatic carbocycles. The number of carboxylic acid groups (broad SMARTS) is 1. The maximum atomic E-state index is 14.5. The van der Waals surface area contributed by atoms with E-state index in [4.69, 9.17) is 38.3 Å². The molecule has 3 N–H and O–H groups in total. The molecule has 0 bridgehead atoms. The maximum absolute atomic E-state index is 14.5. The smallest absolute Gasteiger partial charge is 0.435 e. The minimum atomic E-state index is -6.24. The minimum absolute atomic E-state index is 0.0524. The number of rotatable bonds is 10. The molecule has 0 saturated heterocycles. The van der Waals surface area contributed by atoms with E-state index in [1.807, 2.05) is 0 Å². The fourth-order valence-corrected chi connectivity index (χ4v) is 7.63. The van der Waals surface area contributed by atoms with E-state index in [0.717, 1.165) is 23.7 Å². The van der Waals surface area contributed by atoms with Gasteiger partial charge < -0.3 is 10.8 Å². The van der Waals surface area contributed by atoms with Crippen molar-refractivity contribution in [1.82, 2.24) is 39.5 Å². The van der Waals surface area contributed by atoms with E-state index < -0.39 is 68.1 Å². The van der Waals surface area contributed by atoms with Crippen LogP contribution in [-0.2, 0) is 20.6 Å². The largest absolute Gasteiger partial charge is 0.476 e. The number of alkyl halides is 14.